The molecule has 0 spiro atoms. The molecule has 21 nitrogen and oxygen atoms in total. The van der Waals surface area contributed by atoms with Crippen LogP contribution in [0, 0.1) is 106 Å². The first kappa shape index (κ1) is 108. The number of nitrogens with zero attached hydrogens (tertiary/aromatic N) is 5. The van der Waals surface area contributed by atoms with E-state index in [4.69, 9.17) is 19.0 Å². The molecule has 6 aromatic carbocycles. The summed E-state index contributed by atoms with van der Waals surface area (Å²) in [6.07, 6.45) is 31.6. The van der Waals surface area contributed by atoms with E-state index in [2.05, 4.69) is 30.4 Å². The molecule has 0 bridgehead atoms. The Kier molecular flexibility index (Phi) is 35.0. The molecule has 7 aliphatic rings. The maximum atomic E-state index is 14.4. The van der Waals surface area contributed by atoms with Crippen molar-refractivity contribution in [2.24, 2.45) is 0 Å². The first-order valence-electron chi connectivity index (χ1n) is 46.1. The summed E-state index contributed by atoms with van der Waals surface area (Å²) in [4.78, 5) is 99.6. The molecule has 1 fully saturated rings. The van der Waals surface area contributed by atoms with Crippen LogP contribution < -0.4 is 16.4 Å². The van der Waals surface area contributed by atoms with Crippen molar-refractivity contribution >= 4 is 63.5 Å². The van der Waals surface area contributed by atoms with Crippen LogP contribution in [-0.2, 0) is 80.3 Å². The molecule has 18 rings (SSSR count). The molecule has 752 valence electrons. The summed E-state index contributed by atoms with van der Waals surface area (Å²) in [6, 6.07) is 34.5. The van der Waals surface area contributed by atoms with Gasteiger partial charge in [-0.2, -0.15) is 0 Å². The van der Waals surface area contributed by atoms with Crippen molar-refractivity contribution in [2.45, 2.75) is 191 Å². The van der Waals surface area contributed by atoms with Crippen molar-refractivity contribution in [2.75, 3.05) is 20.8 Å². The van der Waals surface area contributed by atoms with Crippen LogP contribution in [0.1, 0.15) is 205 Å². The number of carboxylic acid groups (broad SMARTS) is 1. The lowest BCUT2D eigenvalue weighted by Gasteiger charge is -2.30. The van der Waals surface area contributed by atoms with Crippen LogP contribution >= 0.6 is 0 Å². The highest BCUT2D eigenvalue weighted by atomic mass is 19.2. The Balaban J connectivity index is 0.000000155. The number of hydrogen-bond donors (Lipinski definition) is 6. The SMILES string of the molecule is C.COC(=O)C1(c2cccc(F)c2C)C=C(C)CC1.COC(=O)C1(c2cccc(F)c2C)C=C(c2cncc(F)c2)CC1.Cc1c(F)cccc1C1(C(=O)NOC2CCCCO2)C=C(c2cncc(F)c2)CC1.Cc1c(F)cccc1C1(C(=O)O)C=C(c2cncc(F)c2)CC1.Cc1c(F)cccc1[C@@]1(C(=O)NO)C=C(c2cncc(F)c2)CC1.Cc1c(F)cccc1[C@]1(C(=O)NO)C=C(c2cncc(F)c2)CC1. The molecule has 6 heterocycles. The predicted molar refractivity (Wildman–Crippen MR) is 518 cm³/mol. The molecule has 6 N–H and O–H groups in total. The number of hydroxylamine groups is 3. The number of amides is 3. The average Bonchev–Trinajstić information content (AvgIpc) is 1.60. The van der Waals surface area contributed by atoms with Crippen LogP contribution in [-0.4, -0.2) is 103 Å². The van der Waals surface area contributed by atoms with E-state index in [9.17, 15) is 92.6 Å². The third-order valence-corrected chi connectivity index (χ3v) is 27.6. The molecule has 144 heavy (non-hydrogen) atoms. The Morgan fingerprint density at radius 3 is 0.847 bits per heavy atom. The van der Waals surface area contributed by atoms with Gasteiger partial charge in [0.1, 0.15) is 80.2 Å². The van der Waals surface area contributed by atoms with Crippen LogP contribution in [0.25, 0.3) is 27.9 Å². The van der Waals surface area contributed by atoms with E-state index in [1.807, 2.05) is 19.1 Å². The molecular formula is C112H109F11N8O13. The maximum absolute atomic E-state index is 14.4. The number of esters is 2. The number of allylic oxidation sites excluding steroid dienone is 6. The van der Waals surface area contributed by atoms with Gasteiger partial charge in [-0.1, -0.05) is 122 Å². The van der Waals surface area contributed by atoms with Gasteiger partial charge >= 0.3 is 17.9 Å². The smallest absolute Gasteiger partial charge is 0.320 e. The van der Waals surface area contributed by atoms with Crippen LogP contribution in [0.2, 0.25) is 0 Å². The van der Waals surface area contributed by atoms with Gasteiger partial charge in [0.2, 0.25) is 0 Å². The van der Waals surface area contributed by atoms with Gasteiger partial charge in [-0.25, -0.2) is 69.6 Å². The zero-order valence-electron chi connectivity index (χ0n) is 79.7. The van der Waals surface area contributed by atoms with E-state index in [1.165, 1.54) is 118 Å². The van der Waals surface area contributed by atoms with Crippen molar-refractivity contribution < 1.29 is 112 Å². The van der Waals surface area contributed by atoms with Gasteiger partial charge in [-0.3, -0.25) is 64.1 Å². The minimum atomic E-state index is -1.30. The third kappa shape index (κ3) is 22.9. The molecule has 32 heteroatoms. The number of hydrogen-bond acceptors (Lipinski definition) is 17. The summed E-state index contributed by atoms with van der Waals surface area (Å²) in [5.74, 6) is -8.11. The first-order valence-corrected chi connectivity index (χ1v) is 46.1. The molecule has 7 atom stereocenters. The highest BCUT2D eigenvalue weighted by molar-refractivity contribution is 5.98. The second-order valence-electron chi connectivity index (χ2n) is 36.1. The van der Waals surface area contributed by atoms with Gasteiger partial charge in [0.15, 0.2) is 6.29 Å². The zero-order valence-corrected chi connectivity index (χ0v) is 79.7. The van der Waals surface area contributed by atoms with E-state index in [0.717, 1.165) is 78.1 Å². The van der Waals surface area contributed by atoms with Gasteiger partial charge in [0.25, 0.3) is 17.7 Å². The number of rotatable bonds is 19. The quantitative estimate of drug-likeness (QED) is 0.0144. The fourth-order valence-electron chi connectivity index (χ4n) is 20.0. The number of halogens is 11. The lowest BCUT2D eigenvalue weighted by Crippen LogP contribution is -2.44. The monoisotopic (exact) mass is 1980 g/mol. The average molecular weight is 1980 g/mol. The van der Waals surface area contributed by atoms with Gasteiger partial charge < -0.3 is 19.3 Å². The summed E-state index contributed by atoms with van der Waals surface area (Å²) < 4.78 is 167. The Bertz CT molecular complexity index is 6560. The fourth-order valence-corrected chi connectivity index (χ4v) is 20.0. The number of methoxy groups -OCH3 is 2. The highest BCUT2D eigenvalue weighted by Crippen LogP contribution is 2.52. The standard InChI is InChI=1S/C23H24F2N2O3.C19H17F2NO2.2C18H16F2N2O2.C18H15F2NO2.C15H17FO2.CH4/c1-15-19(5-4-6-20(15)25)23(22(28)27-30-21-7-2-3-10-29-21)9-8-16(12-23)17-11-18(24)14-26-13-17;1-12-16(4-3-5-17(12)21)19(18(23)24-2)7-6-13(9-19)14-8-15(20)11-22-10-14;2*1-11-15(3-2-4-16(11)20)18(17(23)22-24)6-5-12(8-18)13-7-14(19)10-21-9-13;1-11-15(3-2-4-16(11)20)18(17(22)23)6-5-12(8-18)13-7-14(19)10-21-9-13;1-10-7-8-15(9-10,14(17)18-3)12-5-4-6-13(16)11(12)2;/h4-6,11-14,21H,2-3,7-10H2,1H3,(H,27,28);3-5,8-11H,6-7H2,1-2H3;2*2-4,7-10,24H,5-6H2,1H3,(H,22,23);2-4,7-10H,5-6H2,1H3,(H,22,23);4-6,9H,7-8H2,1-3H3;1H4/t;;2*18-;;;/m..10.../s1. The van der Waals surface area contributed by atoms with E-state index in [1.54, 1.807) is 144 Å². The van der Waals surface area contributed by atoms with Gasteiger partial charge in [0, 0.05) is 44.0 Å². The minimum absolute atomic E-state index is 0. The maximum Gasteiger partial charge on any atom is 0.320 e. The molecule has 0 saturated carbocycles. The first-order chi connectivity index (χ1) is 68.4. The predicted octanol–water partition coefficient (Wildman–Crippen LogP) is 22.7. The lowest BCUT2D eigenvalue weighted by atomic mass is 9.77. The lowest BCUT2D eigenvalue weighted by molar-refractivity contribution is -0.202. The number of pyridine rings is 5. The third-order valence-electron chi connectivity index (χ3n) is 27.6. The van der Waals surface area contributed by atoms with E-state index < -0.39 is 115 Å². The Hall–Kier alpha value is -14.6. The number of aromatic nitrogens is 5. The summed E-state index contributed by atoms with van der Waals surface area (Å²) in [7, 11) is 2.69. The number of carboxylic acids is 1. The number of carbonyl (C=O) groups excluding carboxylic acids is 5. The van der Waals surface area contributed by atoms with Crippen molar-refractivity contribution in [3.05, 3.63) is 402 Å². The van der Waals surface area contributed by atoms with Crippen molar-refractivity contribution in [3.8, 4) is 0 Å². The second-order valence-corrected chi connectivity index (χ2v) is 36.1. The molecule has 6 aliphatic carbocycles. The second kappa shape index (κ2) is 46.6. The molecule has 1 aliphatic heterocycles. The summed E-state index contributed by atoms with van der Waals surface area (Å²) >= 11 is 0. The molecular weight excluding hydrogens is 1870 g/mol. The van der Waals surface area contributed by atoms with Gasteiger partial charge in [-0.05, 0) is 328 Å². The zero-order chi connectivity index (χ0) is 103. The van der Waals surface area contributed by atoms with Crippen molar-refractivity contribution in [3.63, 3.8) is 0 Å². The van der Waals surface area contributed by atoms with Crippen molar-refractivity contribution in [1.29, 1.82) is 0 Å². The molecule has 5 unspecified atom stereocenters. The van der Waals surface area contributed by atoms with Crippen LogP contribution in [0.15, 0.2) is 244 Å². The highest BCUT2D eigenvalue weighted by Gasteiger charge is 2.50. The van der Waals surface area contributed by atoms with E-state index >= 15 is 0 Å². The number of nitrogens with one attached hydrogen (secondary N) is 3. The molecule has 11 aromatic rings. The number of ether oxygens (including phenoxy) is 3. The number of carbonyl (C=O) groups is 6. The number of benzene rings is 6. The number of aliphatic carboxylic acids is 1. The van der Waals surface area contributed by atoms with Crippen LogP contribution in [0.3, 0.4) is 0 Å². The van der Waals surface area contributed by atoms with Crippen LogP contribution in [0.4, 0.5) is 48.3 Å². The molecule has 1 saturated heterocycles. The largest absolute Gasteiger partial charge is 0.480 e. The summed E-state index contributed by atoms with van der Waals surface area (Å²) in [5, 5.41) is 28.2. The van der Waals surface area contributed by atoms with E-state index in [-0.39, 0.29) is 30.8 Å². The topological polar surface area (TPSA) is 301 Å². The Labute approximate surface area is 826 Å². The van der Waals surface area contributed by atoms with Gasteiger partial charge in [-0.15, -0.1) is 0 Å². The summed E-state index contributed by atoms with van der Waals surface area (Å²) in [6.45, 7) is 12.3. The fraction of sp³-hybridized carbons (Fsp3) is 0.295. The molecule has 0 radical (unpaired) electrons. The van der Waals surface area contributed by atoms with Crippen molar-refractivity contribution in [1.82, 2.24) is 41.4 Å². The Morgan fingerprint density at radius 1 is 0.340 bits per heavy atom. The minimum Gasteiger partial charge on any atom is -0.480 e. The normalized spacial score (nSPS) is 21.0. The van der Waals surface area contributed by atoms with Gasteiger partial charge in [0.05, 0.1) is 61.4 Å². The molecule has 3 amide bonds. The Morgan fingerprint density at radius 2 is 0.590 bits per heavy atom. The van der Waals surface area contributed by atoms with Crippen LogP contribution in [0.5, 0.6) is 0 Å². The summed E-state index contributed by atoms with van der Waals surface area (Å²) in [5.41, 5.74) is 12.6. The van der Waals surface area contributed by atoms with E-state index in [0.29, 0.717) is 184 Å². The molecule has 5 aromatic heterocycles.